The molecule has 0 saturated carbocycles. The van der Waals surface area contributed by atoms with Crippen molar-refractivity contribution in [2.75, 3.05) is 39.8 Å². The fourth-order valence-corrected chi connectivity index (χ4v) is 2.46. The van der Waals surface area contributed by atoms with Gasteiger partial charge in [-0.3, -0.25) is 4.79 Å². The number of benzene rings is 2. The van der Waals surface area contributed by atoms with Crippen LogP contribution in [0.5, 0.6) is 17.2 Å². The monoisotopic (exact) mass is 389 g/mol. The van der Waals surface area contributed by atoms with Crippen LogP contribution in [0.25, 0.3) is 0 Å². The van der Waals surface area contributed by atoms with E-state index in [1.165, 1.54) is 4.90 Å². The molecule has 0 spiro atoms. The van der Waals surface area contributed by atoms with Crippen LogP contribution in [0.3, 0.4) is 0 Å². The Hall–Kier alpha value is -2.87. The fourth-order valence-electron chi connectivity index (χ4n) is 2.27. The van der Waals surface area contributed by atoms with E-state index in [1.807, 2.05) is 0 Å². The normalized spacial score (nSPS) is 10.9. The first-order valence-electron chi connectivity index (χ1n) is 8.12. The lowest BCUT2D eigenvalue weighted by atomic mass is 10.2. The van der Waals surface area contributed by atoms with E-state index in [2.05, 4.69) is 22.9 Å². The summed E-state index contributed by atoms with van der Waals surface area (Å²) in [6, 6.07) is 12.5. The van der Waals surface area contributed by atoms with Crippen molar-refractivity contribution in [1.82, 2.24) is 5.32 Å². The van der Waals surface area contributed by atoms with E-state index in [0.29, 0.717) is 28.0 Å². The Balaban J connectivity index is 1.98. The zero-order valence-electron chi connectivity index (χ0n) is 15.7. The summed E-state index contributed by atoms with van der Waals surface area (Å²) in [4.78, 5) is 18.2. The van der Waals surface area contributed by atoms with E-state index in [4.69, 9.17) is 14.2 Å². The summed E-state index contributed by atoms with van der Waals surface area (Å²) >= 11 is 4.28. The van der Waals surface area contributed by atoms with Gasteiger partial charge in [0.05, 0.1) is 33.6 Å². The number of nitrogens with zero attached hydrogens (tertiary/aromatic N) is 2. The molecule has 0 fully saturated rings. The molecule has 0 saturated heterocycles. The first kappa shape index (κ1) is 20.4. The lowest BCUT2D eigenvalue weighted by Crippen LogP contribution is -2.36. The van der Waals surface area contributed by atoms with Gasteiger partial charge in [0.15, 0.2) is 16.7 Å². The molecule has 27 heavy (non-hydrogen) atoms. The van der Waals surface area contributed by atoms with Crippen LogP contribution in [0, 0.1) is 0 Å². The van der Waals surface area contributed by atoms with E-state index in [9.17, 15) is 4.79 Å². The Labute approximate surface area is 164 Å². The summed E-state index contributed by atoms with van der Waals surface area (Å²) in [5.41, 5.74) is 1.39. The smallest absolute Gasteiger partial charge is 0.246 e. The molecule has 2 rings (SSSR count). The van der Waals surface area contributed by atoms with Crippen LogP contribution in [0.4, 0.5) is 11.4 Å². The van der Waals surface area contributed by atoms with Crippen LogP contribution in [0.1, 0.15) is 0 Å². The topological polar surface area (TPSA) is 72.4 Å². The second-order valence-corrected chi connectivity index (χ2v) is 5.90. The standard InChI is InChI=1S/C19H23N3O4S/c1-22(14-7-10-16(25-3)17(11-14)26-4)18(23)12-20-19(27)21-13-5-8-15(24-2)9-6-13/h5-11H,12H2,1-4H3,(H2,20,21,27). The van der Waals surface area contributed by atoms with Crippen LogP contribution >= 0.6 is 12.6 Å². The molecule has 0 bridgehead atoms. The molecule has 7 nitrogen and oxygen atoms in total. The van der Waals surface area contributed by atoms with E-state index >= 15 is 0 Å². The molecule has 144 valence electrons. The van der Waals surface area contributed by atoms with Gasteiger partial charge in [0, 0.05) is 18.8 Å². The second kappa shape index (κ2) is 9.72. The number of methoxy groups -OCH3 is 3. The van der Waals surface area contributed by atoms with Gasteiger partial charge >= 0.3 is 0 Å². The molecular weight excluding hydrogens is 366 g/mol. The molecule has 1 N–H and O–H groups in total. The third-order valence-corrected chi connectivity index (χ3v) is 4.09. The number of amides is 1. The molecule has 0 atom stereocenters. The van der Waals surface area contributed by atoms with Crippen LogP contribution in [-0.2, 0) is 4.79 Å². The fraction of sp³-hybridized carbons (Fsp3) is 0.263. The number of hydrogen-bond acceptors (Lipinski definition) is 5. The predicted molar refractivity (Wildman–Crippen MR) is 110 cm³/mol. The average molecular weight is 389 g/mol. The Morgan fingerprint density at radius 1 is 1.04 bits per heavy atom. The number of amidine groups is 1. The van der Waals surface area contributed by atoms with Gasteiger partial charge in [-0.15, -0.1) is 12.6 Å². The SMILES string of the molecule is COc1ccc(N=C(S)NCC(=O)N(C)c2ccc(OC)c(OC)c2)cc1. The van der Waals surface area contributed by atoms with E-state index in [0.717, 1.165) is 5.75 Å². The van der Waals surface area contributed by atoms with Crippen molar-refractivity contribution in [2.45, 2.75) is 0 Å². The van der Waals surface area contributed by atoms with Crippen LogP contribution in [-0.4, -0.2) is 46.0 Å². The highest BCUT2D eigenvalue weighted by molar-refractivity contribution is 7.96. The van der Waals surface area contributed by atoms with Gasteiger partial charge in [-0.25, -0.2) is 4.99 Å². The van der Waals surface area contributed by atoms with Gasteiger partial charge in [-0.2, -0.15) is 0 Å². The van der Waals surface area contributed by atoms with Gasteiger partial charge in [-0.1, -0.05) is 0 Å². The van der Waals surface area contributed by atoms with Crippen LogP contribution in [0.15, 0.2) is 47.5 Å². The zero-order chi connectivity index (χ0) is 19.8. The van der Waals surface area contributed by atoms with Crippen molar-refractivity contribution >= 4 is 35.1 Å². The number of carbonyl (C=O) groups excluding carboxylic acids is 1. The third kappa shape index (κ3) is 5.55. The summed E-state index contributed by atoms with van der Waals surface area (Å²) in [5, 5.41) is 3.24. The summed E-state index contributed by atoms with van der Waals surface area (Å²) in [7, 11) is 6.40. The third-order valence-electron chi connectivity index (χ3n) is 3.83. The molecule has 2 aromatic carbocycles. The van der Waals surface area contributed by atoms with Crippen molar-refractivity contribution in [2.24, 2.45) is 4.99 Å². The van der Waals surface area contributed by atoms with Gasteiger partial charge in [-0.05, 0) is 36.4 Å². The summed E-state index contributed by atoms with van der Waals surface area (Å²) in [5.74, 6) is 1.75. The molecule has 8 heteroatoms. The minimum atomic E-state index is -0.154. The Kier molecular flexibility index (Phi) is 7.36. The highest BCUT2D eigenvalue weighted by atomic mass is 32.1. The molecule has 0 aromatic heterocycles. The average Bonchev–Trinajstić information content (AvgIpc) is 2.71. The Bertz CT molecular complexity index is 809. The molecule has 1 amide bonds. The summed E-state index contributed by atoms with van der Waals surface area (Å²) < 4.78 is 15.6. The maximum absolute atomic E-state index is 12.4. The number of aliphatic imine (C=N–C) groups is 1. The first-order chi connectivity index (χ1) is 13.0. The Morgan fingerprint density at radius 2 is 1.70 bits per heavy atom. The molecule has 0 radical (unpaired) electrons. The van der Waals surface area contributed by atoms with Crippen LogP contribution < -0.4 is 24.4 Å². The summed E-state index contributed by atoms with van der Waals surface area (Å²) in [6.45, 7) is 0.0450. The van der Waals surface area contributed by atoms with Crippen molar-refractivity contribution < 1.29 is 19.0 Å². The lowest BCUT2D eigenvalue weighted by Gasteiger charge is -2.19. The number of hydrogen-bond donors (Lipinski definition) is 2. The molecule has 0 aliphatic carbocycles. The van der Waals surface area contributed by atoms with E-state index in [-0.39, 0.29) is 12.5 Å². The largest absolute Gasteiger partial charge is 0.497 e. The quantitative estimate of drug-likeness (QED) is 0.433. The first-order valence-corrected chi connectivity index (χ1v) is 8.57. The molecular formula is C19H23N3O4S. The number of thiol groups is 1. The highest BCUT2D eigenvalue weighted by Gasteiger charge is 2.14. The Morgan fingerprint density at radius 3 is 2.30 bits per heavy atom. The number of anilines is 1. The van der Waals surface area contributed by atoms with Crippen molar-refractivity contribution in [3.05, 3.63) is 42.5 Å². The number of likely N-dealkylation sites (N-methyl/N-ethyl adjacent to an activating group) is 1. The van der Waals surface area contributed by atoms with Crippen molar-refractivity contribution in [1.29, 1.82) is 0 Å². The second-order valence-electron chi connectivity index (χ2n) is 5.48. The van der Waals surface area contributed by atoms with Gasteiger partial charge in [0.25, 0.3) is 0 Å². The van der Waals surface area contributed by atoms with Gasteiger partial charge < -0.3 is 24.4 Å². The van der Waals surface area contributed by atoms with Gasteiger partial charge in [0.1, 0.15) is 5.75 Å². The zero-order valence-corrected chi connectivity index (χ0v) is 16.6. The minimum absolute atomic E-state index is 0.0450. The van der Waals surface area contributed by atoms with E-state index in [1.54, 1.807) is 70.8 Å². The molecule has 0 unspecified atom stereocenters. The summed E-state index contributed by atoms with van der Waals surface area (Å²) in [6.07, 6.45) is 0. The predicted octanol–water partition coefficient (Wildman–Crippen LogP) is 2.88. The number of nitrogens with one attached hydrogen (secondary N) is 1. The number of ether oxygens (including phenoxy) is 3. The highest BCUT2D eigenvalue weighted by Crippen LogP contribution is 2.31. The molecule has 0 heterocycles. The maximum Gasteiger partial charge on any atom is 0.246 e. The van der Waals surface area contributed by atoms with Crippen molar-refractivity contribution in [3.8, 4) is 17.2 Å². The maximum atomic E-state index is 12.4. The molecule has 0 aliphatic heterocycles. The number of carbonyl (C=O) groups is 1. The lowest BCUT2D eigenvalue weighted by molar-refractivity contribution is -0.117. The van der Waals surface area contributed by atoms with Gasteiger partial charge in [0.2, 0.25) is 5.91 Å². The number of rotatable bonds is 7. The molecule has 2 aromatic rings. The van der Waals surface area contributed by atoms with Crippen LogP contribution in [0.2, 0.25) is 0 Å². The minimum Gasteiger partial charge on any atom is -0.497 e. The van der Waals surface area contributed by atoms with E-state index < -0.39 is 0 Å². The molecule has 0 aliphatic rings. The van der Waals surface area contributed by atoms with Crippen molar-refractivity contribution in [3.63, 3.8) is 0 Å².